The summed E-state index contributed by atoms with van der Waals surface area (Å²) in [6.45, 7) is 0. The zero-order chi connectivity index (χ0) is 11.4. The predicted octanol–water partition coefficient (Wildman–Crippen LogP) is 2.14. The number of hydrazone groups is 1. The van der Waals surface area contributed by atoms with Crippen LogP contribution >= 0.6 is 11.6 Å². The van der Waals surface area contributed by atoms with Crippen LogP contribution in [0.3, 0.4) is 0 Å². The molecule has 0 saturated carbocycles. The molecule has 1 aromatic carbocycles. The van der Waals surface area contributed by atoms with Gasteiger partial charge in [-0.25, -0.2) is 0 Å². The Morgan fingerprint density at radius 1 is 1.53 bits per heavy atom. The number of hydrogen-bond acceptors (Lipinski definition) is 4. The first-order valence-corrected chi connectivity index (χ1v) is 4.54. The molecule has 6 heteroatoms. The highest BCUT2D eigenvalue weighted by molar-refractivity contribution is 6.32. The summed E-state index contributed by atoms with van der Waals surface area (Å²) in [5.74, 6) is 0. The van der Waals surface area contributed by atoms with Crippen molar-refractivity contribution in [3.05, 3.63) is 38.9 Å². The molecule has 80 valence electrons. The largest absolute Gasteiger partial charge is 0.303 e. The summed E-state index contributed by atoms with van der Waals surface area (Å²) in [5.41, 5.74) is 0.527. The van der Waals surface area contributed by atoms with Gasteiger partial charge in [0.1, 0.15) is 5.02 Å². The van der Waals surface area contributed by atoms with Crippen LogP contribution in [0, 0.1) is 10.1 Å². The molecule has 0 aliphatic heterocycles. The first-order valence-electron chi connectivity index (χ1n) is 4.16. The molecule has 15 heavy (non-hydrogen) atoms. The van der Waals surface area contributed by atoms with Crippen molar-refractivity contribution in [1.29, 1.82) is 0 Å². The Hall–Kier alpha value is -1.62. The van der Waals surface area contributed by atoms with Crippen molar-refractivity contribution in [3.63, 3.8) is 0 Å². The molecule has 0 atom stereocenters. The Morgan fingerprint density at radius 2 is 2.20 bits per heavy atom. The topological polar surface area (TPSA) is 58.7 Å². The molecule has 0 aliphatic carbocycles. The molecule has 0 bridgehead atoms. The molecule has 0 fully saturated rings. The van der Waals surface area contributed by atoms with Gasteiger partial charge in [0.2, 0.25) is 0 Å². The van der Waals surface area contributed by atoms with Crippen LogP contribution in [-0.4, -0.2) is 30.2 Å². The number of rotatable bonds is 3. The van der Waals surface area contributed by atoms with E-state index >= 15 is 0 Å². The third kappa shape index (κ3) is 3.21. The van der Waals surface area contributed by atoms with Crippen molar-refractivity contribution in [2.24, 2.45) is 5.10 Å². The summed E-state index contributed by atoms with van der Waals surface area (Å²) in [4.78, 5) is 10.1. The van der Waals surface area contributed by atoms with Gasteiger partial charge in [0.25, 0.3) is 5.69 Å². The number of benzene rings is 1. The van der Waals surface area contributed by atoms with Gasteiger partial charge in [-0.2, -0.15) is 5.10 Å². The molecule has 0 heterocycles. The molecule has 0 radical (unpaired) electrons. The maximum atomic E-state index is 10.6. The molecular weight excluding hydrogens is 218 g/mol. The third-order valence-electron chi connectivity index (χ3n) is 1.60. The highest BCUT2D eigenvalue weighted by atomic mass is 35.5. The quantitative estimate of drug-likeness (QED) is 0.452. The fourth-order valence-corrected chi connectivity index (χ4v) is 1.12. The molecule has 0 aromatic heterocycles. The standard InChI is InChI=1S/C9H10ClN3O2/c1-12(2)11-6-7-3-4-8(10)9(5-7)13(14)15/h3-6H,1-2H3/b11-6+. The first kappa shape index (κ1) is 11.5. The van der Waals surface area contributed by atoms with E-state index in [9.17, 15) is 10.1 Å². The minimum absolute atomic E-state index is 0.112. The Bertz CT molecular complexity index is 404. The molecule has 0 saturated heterocycles. The summed E-state index contributed by atoms with van der Waals surface area (Å²) in [6, 6.07) is 4.54. The van der Waals surface area contributed by atoms with Gasteiger partial charge in [0.05, 0.1) is 11.1 Å². The lowest BCUT2D eigenvalue weighted by Crippen LogP contribution is -2.02. The highest BCUT2D eigenvalue weighted by Gasteiger charge is 2.11. The molecule has 0 spiro atoms. The van der Waals surface area contributed by atoms with E-state index in [0.717, 1.165) is 0 Å². The van der Waals surface area contributed by atoms with Crippen LogP contribution in [0.1, 0.15) is 5.56 Å². The van der Waals surface area contributed by atoms with Gasteiger partial charge in [0, 0.05) is 25.7 Å². The van der Waals surface area contributed by atoms with Crippen molar-refractivity contribution < 1.29 is 4.92 Å². The van der Waals surface area contributed by atoms with E-state index in [-0.39, 0.29) is 10.7 Å². The lowest BCUT2D eigenvalue weighted by Gasteiger charge is -2.02. The fourth-order valence-electron chi connectivity index (χ4n) is 0.932. The smallest absolute Gasteiger partial charge is 0.288 e. The van der Waals surface area contributed by atoms with Crippen molar-refractivity contribution in [2.45, 2.75) is 0 Å². The Morgan fingerprint density at radius 3 is 2.73 bits per heavy atom. The van der Waals surface area contributed by atoms with Crippen LogP contribution in [0.5, 0.6) is 0 Å². The monoisotopic (exact) mass is 227 g/mol. The van der Waals surface area contributed by atoms with Crippen LogP contribution in [0.15, 0.2) is 23.3 Å². The van der Waals surface area contributed by atoms with Gasteiger partial charge in [-0.1, -0.05) is 17.7 Å². The van der Waals surface area contributed by atoms with Gasteiger partial charge in [-0.3, -0.25) is 10.1 Å². The van der Waals surface area contributed by atoms with E-state index in [1.165, 1.54) is 18.3 Å². The summed E-state index contributed by atoms with van der Waals surface area (Å²) in [7, 11) is 3.53. The third-order valence-corrected chi connectivity index (χ3v) is 1.92. The summed E-state index contributed by atoms with van der Waals surface area (Å²) in [5, 5.41) is 16.3. The van der Waals surface area contributed by atoms with Crippen LogP contribution < -0.4 is 0 Å². The van der Waals surface area contributed by atoms with E-state index in [1.807, 2.05) is 0 Å². The second kappa shape index (κ2) is 4.75. The highest BCUT2D eigenvalue weighted by Crippen LogP contribution is 2.24. The lowest BCUT2D eigenvalue weighted by molar-refractivity contribution is -0.384. The van der Waals surface area contributed by atoms with Crippen molar-refractivity contribution in [3.8, 4) is 0 Å². The molecule has 5 nitrogen and oxygen atoms in total. The van der Waals surface area contributed by atoms with Gasteiger partial charge in [0.15, 0.2) is 0 Å². The van der Waals surface area contributed by atoms with Crippen molar-refractivity contribution in [1.82, 2.24) is 5.01 Å². The Balaban J connectivity index is 3.03. The molecule has 0 N–H and O–H groups in total. The Labute approximate surface area is 92.1 Å². The zero-order valence-corrected chi connectivity index (χ0v) is 9.10. The minimum atomic E-state index is -0.519. The maximum Gasteiger partial charge on any atom is 0.288 e. The van der Waals surface area contributed by atoms with E-state index < -0.39 is 4.92 Å². The molecule has 0 amide bonds. The zero-order valence-electron chi connectivity index (χ0n) is 8.35. The second-order valence-corrected chi connectivity index (χ2v) is 3.47. The van der Waals surface area contributed by atoms with Gasteiger partial charge < -0.3 is 5.01 Å². The molecule has 0 aliphatic rings. The molecular formula is C9H10ClN3O2. The number of nitro groups is 1. The minimum Gasteiger partial charge on any atom is -0.303 e. The average Bonchev–Trinajstić information content (AvgIpc) is 2.16. The van der Waals surface area contributed by atoms with E-state index in [1.54, 1.807) is 25.2 Å². The average molecular weight is 228 g/mol. The van der Waals surface area contributed by atoms with E-state index in [2.05, 4.69) is 5.10 Å². The van der Waals surface area contributed by atoms with Gasteiger partial charge in [-0.15, -0.1) is 0 Å². The molecule has 1 rings (SSSR count). The van der Waals surface area contributed by atoms with Crippen molar-refractivity contribution >= 4 is 23.5 Å². The van der Waals surface area contributed by atoms with Crippen LogP contribution in [0.25, 0.3) is 0 Å². The summed E-state index contributed by atoms with van der Waals surface area (Å²) < 4.78 is 0. The SMILES string of the molecule is CN(C)/N=C/c1ccc(Cl)c([N+](=O)[O-])c1. The van der Waals surface area contributed by atoms with E-state index in [4.69, 9.17) is 11.6 Å². The number of nitro benzene ring substituents is 1. The number of nitrogens with zero attached hydrogens (tertiary/aromatic N) is 3. The normalized spacial score (nSPS) is 10.6. The van der Waals surface area contributed by atoms with Crippen molar-refractivity contribution in [2.75, 3.05) is 14.1 Å². The summed E-state index contributed by atoms with van der Waals surface area (Å²) in [6.07, 6.45) is 1.53. The second-order valence-electron chi connectivity index (χ2n) is 3.06. The van der Waals surface area contributed by atoms with Crippen LogP contribution in [0.2, 0.25) is 5.02 Å². The Kier molecular flexibility index (Phi) is 3.62. The number of halogens is 1. The lowest BCUT2D eigenvalue weighted by atomic mass is 10.2. The van der Waals surface area contributed by atoms with Crippen LogP contribution in [-0.2, 0) is 0 Å². The van der Waals surface area contributed by atoms with Gasteiger partial charge in [-0.05, 0) is 6.07 Å². The van der Waals surface area contributed by atoms with Crippen LogP contribution in [0.4, 0.5) is 5.69 Å². The van der Waals surface area contributed by atoms with E-state index in [0.29, 0.717) is 5.56 Å². The maximum absolute atomic E-state index is 10.6. The molecule has 1 aromatic rings. The number of hydrogen-bond donors (Lipinski definition) is 0. The fraction of sp³-hybridized carbons (Fsp3) is 0.222. The summed E-state index contributed by atoms with van der Waals surface area (Å²) >= 11 is 5.66. The van der Waals surface area contributed by atoms with Gasteiger partial charge >= 0.3 is 0 Å². The predicted molar refractivity (Wildman–Crippen MR) is 59.4 cm³/mol. The first-order chi connectivity index (χ1) is 7.00. The molecule has 0 unspecified atom stereocenters.